The highest BCUT2D eigenvalue weighted by atomic mass is 16.5. The molecule has 1 N–H and O–H groups in total. The predicted molar refractivity (Wildman–Crippen MR) is 92.2 cm³/mol. The second-order valence-corrected chi connectivity index (χ2v) is 5.53. The molecule has 0 aliphatic rings. The van der Waals surface area contributed by atoms with E-state index < -0.39 is 0 Å². The first-order valence-electron chi connectivity index (χ1n) is 7.93. The van der Waals surface area contributed by atoms with Crippen molar-refractivity contribution in [2.45, 2.75) is 26.7 Å². The predicted octanol–water partition coefficient (Wildman–Crippen LogP) is 4.30. The second kappa shape index (κ2) is 7.08. The third kappa shape index (κ3) is 3.87. The highest BCUT2D eigenvalue weighted by molar-refractivity contribution is 5.50. The van der Waals surface area contributed by atoms with Crippen LogP contribution in [0.5, 0.6) is 17.4 Å². The molecule has 0 amide bonds. The van der Waals surface area contributed by atoms with E-state index in [1.807, 2.05) is 31.2 Å². The number of hydrogen-bond acceptors (Lipinski definition) is 5. The van der Waals surface area contributed by atoms with Crippen LogP contribution in [0.2, 0.25) is 0 Å². The number of rotatable bonds is 5. The molecule has 0 radical (unpaired) electrons. The molecule has 2 aromatic heterocycles. The molecule has 0 bridgehead atoms. The molecule has 5 heteroatoms. The van der Waals surface area contributed by atoms with Gasteiger partial charge in [-0.05, 0) is 49.7 Å². The van der Waals surface area contributed by atoms with E-state index >= 15 is 0 Å². The summed E-state index contributed by atoms with van der Waals surface area (Å²) >= 11 is 0. The number of benzene rings is 1. The Balaban J connectivity index is 1.97. The summed E-state index contributed by atoms with van der Waals surface area (Å²) in [7, 11) is 0. The lowest BCUT2D eigenvalue weighted by atomic mass is 10.2. The number of nitrogens with zero attached hydrogens (tertiary/aromatic N) is 3. The Morgan fingerprint density at radius 3 is 2.50 bits per heavy atom. The van der Waals surface area contributed by atoms with Crippen LogP contribution in [0, 0.1) is 6.92 Å². The van der Waals surface area contributed by atoms with E-state index in [9.17, 15) is 5.11 Å². The van der Waals surface area contributed by atoms with E-state index in [4.69, 9.17) is 4.74 Å². The van der Waals surface area contributed by atoms with Crippen molar-refractivity contribution >= 4 is 0 Å². The van der Waals surface area contributed by atoms with Crippen molar-refractivity contribution in [3.8, 4) is 28.9 Å². The molecule has 0 atom stereocenters. The van der Waals surface area contributed by atoms with Gasteiger partial charge in [-0.2, -0.15) is 4.98 Å². The van der Waals surface area contributed by atoms with Crippen molar-refractivity contribution < 1.29 is 9.84 Å². The van der Waals surface area contributed by atoms with Crippen LogP contribution >= 0.6 is 0 Å². The van der Waals surface area contributed by atoms with Crippen LogP contribution in [0.1, 0.15) is 24.7 Å². The zero-order chi connectivity index (χ0) is 16.9. The maximum Gasteiger partial charge on any atom is 0.223 e. The second-order valence-electron chi connectivity index (χ2n) is 5.53. The molecule has 0 fully saturated rings. The van der Waals surface area contributed by atoms with Gasteiger partial charge in [-0.25, -0.2) is 9.97 Å². The first-order chi connectivity index (χ1) is 11.6. The average Bonchev–Trinajstić information content (AvgIpc) is 2.57. The van der Waals surface area contributed by atoms with Crippen LogP contribution in [0.3, 0.4) is 0 Å². The molecule has 0 aliphatic heterocycles. The fraction of sp³-hybridized carbons (Fsp3) is 0.211. The van der Waals surface area contributed by atoms with Crippen molar-refractivity contribution in [1.82, 2.24) is 15.0 Å². The Bertz CT molecular complexity index is 832. The first kappa shape index (κ1) is 15.9. The highest BCUT2D eigenvalue weighted by Gasteiger charge is 2.10. The average molecular weight is 321 g/mol. The number of aromatic nitrogens is 3. The number of aryl methyl sites for hydroxylation is 2. The van der Waals surface area contributed by atoms with Crippen molar-refractivity contribution in [2.24, 2.45) is 0 Å². The van der Waals surface area contributed by atoms with Crippen molar-refractivity contribution in [3.63, 3.8) is 0 Å². The molecular weight excluding hydrogens is 302 g/mol. The Morgan fingerprint density at radius 2 is 1.79 bits per heavy atom. The molecule has 0 saturated carbocycles. The number of aromatic hydroxyl groups is 1. The molecule has 24 heavy (non-hydrogen) atoms. The largest absolute Gasteiger partial charge is 0.508 e. The van der Waals surface area contributed by atoms with Crippen LogP contribution < -0.4 is 4.74 Å². The van der Waals surface area contributed by atoms with E-state index in [2.05, 4.69) is 21.9 Å². The van der Waals surface area contributed by atoms with Gasteiger partial charge in [0.1, 0.15) is 17.2 Å². The lowest BCUT2D eigenvalue weighted by molar-refractivity contribution is 0.452. The maximum atomic E-state index is 9.37. The lowest BCUT2D eigenvalue weighted by Gasteiger charge is -2.09. The molecule has 0 saturated heterocycles. The van der Waals surface area contributed by atoms with Gasteiger partial charge in [-0.1, -0.05) is 19.4 Å². The summed E-state index contributed by atoms with van der Waals surface area (Å²) in [5.41, 5.74) is 2.56. The van der Waals surface area contributed by atoms with Gasteiger partial charge in [0.15, 0.2) is 5.82 Å². The van der Waals surface area contributed by atoms with Crippen molar-refractivity contribution in [1.29, 1.82) is 0 Å². The standard InChI is InChI=1S/C19H19N3O2/c1-3-5-14-12-18(24-16-10-8-15(23)9-11-16)22-19(21-14)17-7-4-6-13(2)20-17/h4,6-12,23H,3,5H2,1-2H3. The third-order valence-corrected chi connectivity index (χ3v) is 3.44. The van der Waals surface area contributed by atoms with Gasteiger partial charge in [-0.15, -0.1) is 0 Å². The van der Waals surface area contributed by atoms with Gasteiger partial charge in [0, 0.05) is 17.5 Å². The molecule has 0 aliphatic carbocycles. The molecule has 1 aromatic carbocycles. The van der Waals surface area contributed by atoms with Crippen LogP contribution in [-0.2, 0) is 6.42 Å². The molecular formula is C19H19N3O2. The van der Waals surface area contributed by atoms with E-state index in [-0.39, 0.29) is 5.75 Å². The van der Waals surface area contributed by atoms with Crippen LogP contribution in [-0.4, -0.2) is 20.1 Å². The summed E-state index contributed by atoms with van der Waals surface area (Å²) in [4.78, 5) is 13.6. The summed E-state index contributed by atoms with van der Waals surface area (Å²) in [6.45, 7) is 4.04. The van der Waals surface area contributed by atoms with Crippen molar-refractivity contribution in [2.75, 3.05) is 0 Å². The first-order valence-corrected chi connectivity index (χ1v) is 7.93. The van der Waals surface area contributed by atoms with Crippen LogP contribution in [0.15, 0.2) is 48.5 Å². The van der Waals surface area contributed by atoms with Crippen LogP contribution in [0.25, 0.3) is 11.5 Å². The fourth-order valence-corrected chi connectivity index (χ4v) is 2.33. The number of hydrogen-bond donors (Lipinski definition) is 1. The fourth-order valence-electron chi connectivity index (χ4n) is 2.33. The zero-order valence-electron chi connectivity index (χ0n) is 13.7. The number of ether oxygens (including phenoxy) is 1. The molecule has 3 aromatic rings. The molecule has 122 valence electrons. The summed E-state index contributed by atoms with van der Waals surface area (Å²) in [5, 5.41) is 9.37. The highest BCUT2D eigenvalue weighted by Crippen LogP contribution is 2.25. The minimum Gasteiger partial charge on any atom is -0.508 e. The summed E-state index contributed by atoms with van der Waals surface area (Å²) < 4.78 is 5.82. The number of phenolic OH excluding ortho intramolecular Hbond substituents is 1. The summed E-state index contributed by atoms with van der Waals surface area (Å²) in [6, 6.07) is 14.2. The van der Waals surface area contributed by atoms with E-state index in [1.165, 1.54) is 0 Å². The SMILES string of the molecule is CCCc1cc(Oc2ccc(O)cc2)nc(-c2cccc(C)n2)n1. The Morgan fingerprint density at radius 1 is 1.00 bits per heavy atom. The molecule has 0 unspecified atom stereocenters. The van der Waals surface area contributed by atoms with Gasteiger partial charge >= 0.3 is 0 Å². The van der Waals surface area contributed by atoms with Crippen molar-refractivity contribution in [3.05, 3.63) is 59.9 Å². The summed E-state index contributed by atoms with van der Waals surface area (Å²) in [5.74, 6) is 1.83. The topological polar surface area (TPSA) is 68.1 Å². The quantitative estimate of drug-likeness (QED) is 0.759. The molecule has 3 rings (SSSR count). The summed E-state index contributed by atoms with van der Waals surface area (Å²) in [6.07, 6.45) is 1.82. The molecule has 2 heterocycles. The minimum absolute atomic E-state index is 0.196. The minimum atomic E-state index is 0.196. The number of phenols is 1. The molecule has 5 nitrogen and oxygen atoms in total. The third-order valence-electron chi connectivity index (χ3n) is 3.44. The smallest absolute Gasteiger partial charge is 0.223 e. The maximum absolute atomic E-state index is 9.37. The number of pyridine rings is 1. The Kier molecular flexibility index (Phi) is 4.70. The Hall–Kier alpha value is -2.95. The van der Waals surface area contributed by atoms with Gasteiger partial charge in [-0.3, -0.25) is 0 Å². The van der Waals surface area contributed by atoms with Gasteiger partial charge in [0.05, 0.1) is 0 Å². The Labute approximate surface area is 141 Å². The van der Waals surface area contributed by atoms with E-state index in [1.54, 1.807) is 24.3 Å². The van der Waals surface area contributed by atoms with Crippen LogP contribution in [0.4, 0.5) is 0 Å². The molecule has 0 spiro atoms. The van der Waals surface area contributed by atoms with Gasteiger partial charge in [0.25, 0.3) is 0 Å². The monoisotopic (exact) mass is 321 g/mol. The lowest BCUT2D eigenvalue weighted by Crippen LogP contribution is -2.00. The van der Waals surface area contributed by atoms with Gasteiger partial charge in [0.2, 0.25) is 5.88 Å². The van der Waals surface area contributed by atoms with Gasteiger partial charge < -0.3 is 9.84 Å². The van der Waals surface area contributed by atoms with E-state index in [0.29, 0.717) is 17.5 Å². The van der Waals surface area contributed by atoms with E-state index in [0.717, 1.165) is 29.9 Å². The zero-order valence-corrected chi connectivity index (χ0v) is 13.7. The normalized spacial score (nSPS) is 10.6.